The number of alkyl halides is 6. The van der Waals surface area contributed by atoms with Gasteiger partial charge in [-0.1, -0.05) is 12.1 Å². The van der Waals surface area contributed by atoms with Gasteiger partial charge in [0.25, 0.3) is 0 Å². The van der Waals surface area contributed by atoms with Gasteiger partial charge in [0.15, 0.2) is 5.60 Å². The molecule has 0 fully saturated rings. The largest absolute Gasteiger partial charge is 0.421 e. The highest BCUT2D eigenvalue weighted by Gasteiger charge is 2.51. The van der Waals surface area contributed by atoms with Crippen molar-refractivity contribution < 1.29 is 31.4 Å². The molecule has 0 amide bonds. The van der Waals surface area contributed by atoms with E-state index in [0.29, 0.717) is 12.1 Å². The van der Waals surface area contributed by atoms with Crippen molar-refractivity contribution in [1.29, 1.82) is 10.5 Å². The van der Waals surface area contributed by atoms with E-state index in [1.807, 2.05) is 0 Å². The lowest BCUT2D eigenvalue weighted by Gasteiger charge is -2.24. The van der Waals surface area contributed by atoms with Crippen LogP contribution in [0.2, 0.25) is 0 Å². The highest BCUT2D eigenvalue weighted by atomic mass is 19.4. The quantitative estimate of drug-likeness (QED) is 0.855. The fraction of sp³-hybridized carbons (Fsp3) is 0.286. The fourth-order valence-electron chi connectivity index (χ4n) is 1.61. The lowest BCUT2D eigenvalue weighted by atomic mass is 9.97. The lowest BCUT2D eigenvalue weighted by molar-refractivity contribution is -0.237. The highest BCUT2D eigenvalue weighted by Crippen LogP contribution is 2.36. The van der Waals surface area contributed by atoms with Crippen LogP contribution in [0.3, 0.4) is 0 Å². The summed E-state index contributed by atoms with van der Waals surface area (Å²) in [6.45, 7) is 0. The summed E-state index contributed by atoms with van der Waals surface area (Å²) in [5.41, 5.74) is -5.78. The van der Waals surface area contributed by atoms with Gasteiger partial charge in [0, 0.05) is 0 Å². The van der Waals surface area contributed by atoms with E-state index in [1.165, 1.54) is 6.07 Å². The molecule has 0 bridgehead atoms. The zero-order valence-electron chi connectivity index (χ0n) is 11.2. The number of rotatable bonds is 3. The minimum Gasteiger partial charge on any atom is -0.376 e. The first-order valence-corrected chi connectivity index (χ1v) is 5.91. The highest BCUT2D eigenvalue weighted by molar-refractivity contribution is 5.55. The Morgan fingerprint density at radius 1 is 1.09 bits per heavy atom. The molecule has 1 unspecified atom stereocenters. The van der Waals surface area contributed by atoms with Crippen molar-refractivity contribution in [1.82, 2.24) is 0 Å². The van der Waals surface area contributed by atoms with Crippen LogP contribution in [0.25, 0.3) is 6.08 Å². The van der Waals surface area contributed by atoms with Gasteiger partial charge in [0.1, 0.15) is 0 Å². The van der Waals surface area contributed by atoms with Gasteiger partial charge in [-0.15, -0.1) is 0 Å². The van der Waals surface area contributed by atoms with Gasteiger partial charge in [-0.05, 0) is 23.8 Å². The van der Waals surface area contributed by atoms with Crippen LogP contribution in [0.4, 0.5) is 26.3 Å². The van der Waals surface area contributed by atoms with Crippen LogP contribution >= 0.6 is 0 Å². The molecule has 122 valence electrons. The third-order valence-corrected chi connectivity index (χ3v) is 2.86. The Balaban J connectivity index is 3.29. The van der Waals surface area contributed by atoms with E-state index < -0.39 is 35.5 Å². The predicted molar refractivity (Wildman–Crippen MR) is 66.4 cm³/mol. The van der Waals surface area contributed by atoms with Crippen LogP contribution < -0.4 is 0 Å². The summed E-state index contributed by atoms with van der Waals surface area (Å²) in [6, 6.07) is 4.77. The molecule has 0 heterocycles. The lowest BCUT2D eigenvalue weighted by Crippen LogP contribution is -2.42. The average Bonchev–Trinajstić information content (AvgIpc) is 2.43. The molecule has 1 aromatic rings. The van der Waals surface area contributed by atoms with Crippen LogP contribution in [0.15, 0.2) is 24.3 Å². The molecule has 0 aliphatic rings. The molecule has 0 aliphatic carbocycles. The van der Waals surface area contributed by atoms with Crippen LogP contribution in [-0.2, 0) is 6.18 Å². The second kappa shape index (κ2) is 6.31. The number of hydrogen-bond donors (Lipinski definition) is 1. The number of hydrogen-bond acceptors (Lipinski definition) is 3. The SMILES string of the molecule is N#CCC(O)(C=Cc1ccc(C#N)c(C(F)(F)F)c1)C(F)(F)F. The van der Waals surface area contributed by atoms with Crippen LogP contribution in [-0.4, -0.2) is 16.9 Å². The van der Waals surface area contributed by atoms with Gasteiger partial charge in [0.05, 0.1) is 29.7 Å². The van der Waals surface area contributed by atoms with E-state index in [-0.39, 0.29) is 11.6 Å². The maximum atomic E-state index is 12.8. The molecule has 0 radical (unpaired) electrons. The van der Waals surface area contributed by atoms with Gasteiger partial charge in [-0.2, -0.15) is 36.9 Å². The van der Waals surface area contributed by atoms with Gasteiger partial charge < -0.3 is 5.11 Å². The normalized spacial score (nSPS) is 15.0. The third kappa shape index (κ3) is 4.24. The van der Waals surface area contributed by atoms with E-state index in [4.69, 9.17) is 10.5 Å². The Hall–Kier alpha value is -2.52. The summed E-state index contributed by atoms with van der Waals surface area (Å²) >= 11 is 0. The Morgan fingerprint density at radius 3 is 2.13 bits per heavy atom. The standard InChI is InChI=1S/C14H8F6N2O/c15-13(16,17)11-7-9(1-2-10(11)8-22)3-4-12(23,5-6-21)14(18,19)20/h1-4,7,23H,5H2. The van der Waals surface area contributed by atoms with Crippen LogP contribution in [0.5, 0.6) is 0 Å². The molecule has 23 heavy (non-hydrogen) atoms. The molecule has 0 spiro atoms. The van der Waals surface area contributed by atoms with Crippen molar-refractivity contribution in [3.63, 3.8) is 0 Å². The molecular formula is C14H8F6N2O. The molecule has 9 heteroatoms. The Bertz CT molecular complexity index is 693. The fourth-order valence-corrected chi connectivity index (χ4v) is 1.61. The first-order chi connectivity index (χ1) is 10.4. The monoisotopic (exact) mass is 334 g/mol. The number of halogens is 6. The molecule has 0 saturated heterocycles. The summed E-state index contributed by atoms with van der Waals surface area (Å²) < 4.78 is 76.4. The van der Waals surface area contributed by atoms with E-state index in [0.717, 1.165) is 18.2 Å². The number of nitrogens with zero attached hydrogens (tertiary/aromatic N) is 2. The molecular weight excluding hydrogens is 326 g/mol. The summed E-state index contributed by atoms with van der Waals surface area (Å²) in [5, 5.41) is 26.4. The first-order valence-electron chi connectivity index (χ1n) is 5.91. The molecule has 1 aromatic carbocycles. The summed E-state index contributed by atoms with van der Waals surface area (Å²) in [6.07, 6.45) is -10.5. The van der Waals surface area contributed by atoms with Gasteiger partial charge in [0.2, 0.25) is 0 Å². The second-order valence-corrected chi connectivity index (χ2v) is 4.50. The molecule has 0 aliphatic heterocycles. The van der Waals surface area contributed by atoms with Crippen molar-refractivity contribution in [2.75, 3.05) is 0 Å². The van der Waals surface area contributed by atoms with Gasteiger partial charge >= 0.3 is 12.4 Å². The number of nitriles is 2. The summed E-state index contributed by atoms with van der Waals surface area (Å²) in [5.74, 6) is 0. The third-order valence-electron chi connectivity index (χ3n) is 2.86. The van der Waals surface area contributed by atoms with Gasteiger partial charge in [-0.3, -0.25) is 0 Å². The molecule has 3 nitrogen and oxygen atoms in total. The van der Waals surface area contributed by atoms with Crippen molar-refractivity contribution in [3.8, 4) is 12.1 Å². The van der Waals surface area contributed by atoms with Crippen LogP contribution in [0, 0.1) is 22.7 Å². The second-order valence-electron chi connectivity index (χ2n) is 4.50. The Kier molecular flexibility index (Phi) is 5.08. The Labute approximate surface area is 126 Å². The summed E-state index contributed by atoms with van der Waals surface area (Å²) in [7, 11) is 0. The smallest absolute Gasteiger partial charge is 0.376 e. The van der Waals surface area contributed by atoms with E-state index in [2.05, 4.69) is 0 Å². The molecule has 1 rings (SSSR count). The minimum absolute atomic E-state index is 0.206. The molecule has 1 N–H and O–H groups in total. The van der Waals surface area contributed by atoms with E-state index >= 15 is 0 Å². The van der Waals surface area contributed by atoms with E-state index in [9.17, 15) is 31.4 Å². The predicted octanol–water partition coefficient (Wildman–Crippen LogP) is 3.80. The van der Waals surface area contributed by atoms with Crippen molar-refractivity contribution in [2.24, 2.45) is 0 Å². The summed E-state index contributed by atoms with van der Waals surface area (Å²) in [4.78, 5) is 0. The molecule has 0 aromatic heterocycles. The minimum atomic E-state index is -5.17. The van der Waals surface area contributed by atoms with Crippen molar-refractivity contribution in [3.05, 3.63) is 41.0 Å². The van der Waals surface area contributed by atoms with E-state index in [1.54, 1.807) is 0 Å². The van der Waals surface area contributed by atoms with Crippen molar-refractivity contribution >= 4 is 6.08 Å². The first kappa shape index (κ1) is 18.5. The molecule has 1 atom stereocenters. The van der Waals surface area contributed by atoms with Crippen molar-refractivity contribution in [2.45, 2.75) is 24.4 Å². The molecule has 0 saturated carbocycles. The zero-order chi connectivity index (χ0) is 17.9. The van der Waals surface area contributed by atoms with Gasteiger partial charge in [-0.25, -0.2) is 0 Å². The maximum absolute atomic E-state index is 12.8. The number of aliphatic hydroxyl groups is 1. The maximum Gasteiger partial charge on any atom is 0.421 e. The number of benzene rings is 1. The van der Waals surface area contributed by atoms with Crippen LogP contribution in [0.1, 0.15) is 23.1 Å². The topological polar surface area (TPSA) is 67.8 Å². The average molecular weight is 334 g/mol. The zero-order valence-corrected chi connectivity index (χ0v) is 11.2. The Morgan fingerprint density at radius 2 is 1.70 bits per heavy atom.